The van der Waals surface area contributed by atoms with Gasteiger partial charge in [-0.1, -0.05) is 34.8 Å². The second-order valence-electron chi connectivity index (χ2n) is 1.36. The van der Waals surface area contributed by atoms with Crippen LogP contribution in [0.4, 0.5) is 0 Å². The van der Waals surface area contributed by atoms with E-state index in [4.69, 9.17) is 34.8 Å². The molecule has 0 aliphatic heterocycles. The van der Waals surface area contributed by atoms with E-state index in [-0.39, 0.29) is 0 Å². The van der Waals surface area contributed by atoms with Crippen molar-refractivity contribution in [3.63, 3.8) is 0 Å². The Balaban J connectivity index is 3.74. The lowest BCUT2D eigenvalue weighted by Crippen LogP contribution is -2.34. The summed E-state index contributed by atoms with van der Waals surface area (Å²) in [5.41, 5.74) is 0. The van der Waals surface area contributed by atoms with Gasteiger partial charge in [0, 0.05) is 6.54 Å². The fourth-order valence-corrected chi connectivity index (χ4v) is 0.461. The minimum absolute atomic E-state index is 0.465. The maximum atomic E-state index is 10.6. The van der Waals surface area contributed by atoms with Gasteiger partial charge in [-0.3, -0.25) is 4.79 Å². The van der Waals surface area contributed by atoms with Gasteiger partial charge in [0.25, 0.3) is 9.70 Å². The maximum absolute atomic E-state index is 10.6. The van der Waals surface area contributed by atoms with Crippen LogP contribution in [0.25, 0.3) is 0 Å². The van der Waals surface area contributed by atoms with Crippen LogP contribution < -0.4 is 5.32 Å². The highest BCUT2D eigenvalue weighted by Crippen LogP contribution is 2.25. The summed E-state index contributed by atoms with van der Waals surface area (Å²) in [4.78, 5) is 10.6. The Bertz CT molecular complexity index is 109. The predicted molar refractivity (Wildman–Crippen MR) is 39.0 cm³/mol. The Hall–Kier alpha value is 0.340. The third kappa shape index (κ3) is 3.84. The Morgan fingerprint density at radius 3 is 2.11 bits per heavy atom. The van der Waals surface area contributed by atoms with Gasteiger partial charge in [-0.05, 0) is 6.92 Å². The summed E-state index contributed by atoms with van der Waals surface area (Å²) >= 11 is 15.5. The zero-order chi connectivity index (χ0) is 7.49. The van der Waals surface area contributed by atoms with Crippen LogP contribution in [0.1, 0.15) is 6.92 Å². The predicted octanol–water partition coefficient (Wildman–Crippen LogP) is 1.49. The summed E-state index contributed by atoms with van der Waals surface area (Å²) in [6, 6.07) is 0. The molecule has 0 saturated heterocycles. The minimum atomic E-state index is -1.82. The molecule has 0 rings (SSSR count). The lowest BCUT2D eigenvalue weighted by atomic mass is 10.6. The second-order valence-corrected chi connectivity index (χ2v) is 3.64. The van der Waals surface area contributed by atoms with E-state index in [9.17, 15) is 4.79 Å². The first-order chi connectivity index (χ1) is 3.98. The van der Waals surface area contributed by atoms with E-state index in [2.05, 4.69) is 5.32 Å². The Morgan fingerprint density at radius 1 is 1.56 bits per heavy atom. The molecule has 0 radical (unpaired) electrons. The number of halogens is 3. The zero-order valence-corrected chi connectivity index (χ0v) is 7.02. The first kappa shape index (κ1) is 9.34. The molecule has 0 atom stereocenters. The summed E-state index contributed by atoms with van der Waals surface area (Å²) in [6.07, 6.45) is 0. The van der Waals surface area contributed by atoms with Crippen LogP contribution in [0.2, 0.25) is 0 Å². The van der Waals surface area contributed by atoms with Crippen molar-refractivity contribution in [3.05, 3.63) is 0 Å². The van der Waals surface area contributed by atoms with E-state index in [1.807, 2.05) is 0 Å². The molecule has 0 unspecified atom stereocenters. The van der Waals surface area contributed by atoms with Crippen molar-refractivity contribution in [2.75, 3.05) is 6.54 Å². The number of amides is 1. The molecule has 1 N–H and O–H groups in total. The van der Waals surface area contributed by atoms with E-state index in [1.165, 1.54) is 0 Å². The lowest BCUT2D eigenvalue weighted by molar-refractivity contribution is -0.120. The number of carbonyl (C=O) groups excluding carboxylic acids is 1. The van der Waals surface area contributed by atoms with Crippen molar-refractivity contribution in [2.45, 2.75) is 10.7 Å². The summed E-state index contributed by atoms with van der Waals surface area (Å²) in [6.45, 7) is 2.21. The molecule has 0 fully saturated rings. The largest absolute Gasteiger partial charge is 0.353 e. The Labute approximate surface area is 68.5 Å². The van der Waals surface area contributed by atoms with Crippen molar-refractivity contribution in [3.8, 4) is 0 Å². The summed E-state index contributed by atoms with van der Waals surface area (Å²) in [7, 11) is 0. The van der Waals surface area contributed by atoms with Gasteiger partial charge in [-0.2, -0.15) is 0 Å². The van der Waals surface area contributed by atoms with E-state index in [0.29, 0.717) is 6.54 Å². The fraction of sp³-hybridized carbons (Fsp3) is 0.750. The van der Waals surface area contributed by atoms with Crippen molar-refractivity contribution < 1.29 is 4.79 Å². The monoisotopic (exact) mass is 189 g/mol. The first-order valence-corrected chi connectivity index (χ1v) is 3.47. The lowest BCUT2D eigenvalue weighted by Gasteiger charge is -2.08. The normalized spacial score (nSPS) is 11.1. The molecule has 0 spiro atoms. The average molecular weight is 190 g/mol. The molecular weight excluding hydrogens is 184 g/mol. The van der Waals surface area contributed by atoms with Crippen LogP contribution in [-0.4, -0.2) is 16.2 Å². The topological polar surface area (TPSA) is 29.1 Å². The van der Waals surface area contributed by atoms with Crippen LogP contribution >= 0.6 is 34.8 Å². The molecule has 5 heteroatoms. The van der Waals surface area contributed by atoms with E-state index in [0.717, 1.165) is 0 Å². The summed E-state index contributed by atoms with van der Waals surface area (Å²) in [5, 5.41) is 2.35. The van der Waals surface area contributed by atoms with Crippen molar-refractivity contribution in [2.24, 2.45) is 0 Å². The molecule has 2 nitrogen and oxygen atoms in total. The number of hydrogen-bond acceptors (Lipinski definition) is 1. The van der Waals surface area contributed by atoms with E-state index < -0.39 is 9.70 Å². The highest BCUT2D eigenvalue weighted by Gasteiger charge is 2.29. The first-order valence-electron chi connectivity index (χ1n) is 2.33. The van der Waals surface area contributed by atoms with Crippen LogP contribution in [0, 0.1) is 0 Å². The van der Waals surface area contributed by atoms with Crippen LogP contribution in [0.5, 0.6) is 0 Å². The number of alkyl halides is 3. The van der Waals surface area contributed by atoms with Crippen molar-refractivity contribution >= 4 is 40.7 Å². The molecule has 54 valence electrons. The van der Waals surface area contributed by atoms with Crippen molar-refractivity contribution in [1.29, 1.82) is 0 Å². The van der Waals surface area contributed by atoms with Crippen molar-refractivity contribution in [1.82, 2.24) is 5.32 Å². The molecule has 9 heavy (non-hydrogen) atoms. The molecule has 0 bridgehead atoms. The molecular formula is C4H6Cl3NO. The molecule has 0 aromatic carbocycles. The molecule has 0 aromatic heterocycles. The molecule has 1 amide bonds. The zero-order valence-electron chi connectivity index (χ0n) is 4.75. The average Bonchev–Trinajstić information content (AvgIpc) is 1.64. The third-order valence-corrected chi connectivity index (χ3v) is 1.11. The quantitative estimate of drug-likeness (QED) is 0.624. The fourth-order valence-electron chi connectivity index (χ4n) is 0.261. The van der Waals surface area contributed by atoms with Gasteiger partial charge in [0.2, 0.25) is 0 Å². The SMILES string of the molecule is CCNC(=O)C(Cl)(Cl)Cl. The van der Waals surface area contributed by atoms with E-state index in [1.54, 1.807) is 6.92 Å². The Morgan fingerprint density at radius 2 is 2.00 bits per heavy atom. The smallest absolute Gasteiger partial charge is 0.272 e. The van der Waals surface area contributed by atoms with Crippen LogP contribution in [0.3, 0.4) is 0 Å². The molecule has 0 aliphatic carbocycles. The number of nitrogens with one attached hydrogen (secondary N) is 1. The molecule has 0 aromatic rings. The standard InChI is InChI=1S/C4H6Cl3NO/c1-2-8-3(9)4(5,6)7/h2H2,1H3,(H,8,9). The molecule has 0 saturated carbocycles. The van der Waals surface area contributed by atoms with Crippen LogP contribution in [0.15, 0.2) is 0 Å². The van der Waals surface area contributed by atoms with Gasteiger partial charge in [-0.25, -0.2) is 0 Å². The molecule has 0 heterocycles. The highest BCUT2D eigenvalue weighted by molar-refractivity contribution is 6.76. The third-order valence-electron chi connectivity index (χ3n) is 0.595. The second kappa shape index (κ2) is 3.49. The molecule has 0 aliphatic rings. The van der Waals surface area contributed by atoms with Gasteiger partial charge < -0.3 is 5.32 Å². The van der Waals surface area contributed by atoms with Gasteiger partial charge in [0.05, 0.1) is 0 Å². The van der Waals surface area contributed by atoms with Gasteiger partial charge in [0.1, 0.15) is 0 Å². The Kier molecular flexibility index (Phi) is 3.63. The highest BCUT2D eigenvalue weighted by atomic mass is 35.6. The number of hydrogen-bond donors (Lipinski definition) is 1. The summed E-state index contributed by atoms with van der Waals surface area (Å²) in [5.74, 6) is -0.588. The number of rotatable bonds is 1. The summed E-state index contributed by atoms with van der Waals surface area (Å²) < 4.78 is -1.82. The van der Waals surface area contributed by atoms with E-state index >= 15 is 0 Å². The number of carbonyl (C=O) groups is 1. The van der Waals surface area contributed by atoms with Gasteiger partial charge in [-0.15, -0.1) is 0 Å². The van der Waals surface area contributed by atoms with Crippen LogP contribution in [-0.2, 0) is 4.79 Å². The maximum Gasteiger partial charge on any atom is 0.272 e. The van der Waals surface area contributed by atoms with Gasteiger partial charge in [0.15, 0.2) is 0 Å². The minimum Gasteiger partial charge on any atom is -0.353 e. The van der Waals surface area contributed by atoms with Gasteiger partial charge >= 0.3 is 0 Å².